The zero-order chi connectivity index (χ0) is 15.1. The SMILES string of the molecule is O=C(NCCc1ccccc1OC(F)F)N1CCOCC1. The van der Waals surface area contributed by atoms with Crippen LogP contribution in [0.15, 0.2) is 24.3 Å². The largest absolute Gasteiger partial charge is 0.435 e. The summed E-state index contributed by atoms with van der Waals surface area (Å²) in [5, 5.41) is 2.77. The second-order valence-corrected chi connectivity index (χ2v) is 4.57. The van der Waals surface area contributed by atoms with Gasteiger partial charge in [-0.25, -0.2) is 4.79 Å². The average molecular weight is 300 g/mol. The van der Waals surface area contributed by atoms with Crippen LogP contribution in [0, 0.1) is 0 Å². The van der Waals surface area contributed by atoms with Crippen molar-refractivity contribution in [2.45, 2.75) is 13.0 Å². The first kappa shape index (κ1) is 15.5. The molecular weight excluding hydrogens is 282 g/mol. The van der Waals surface area contributed by atoms with Crippen molar-refractivity contribution in [3.63, 3.8) is 0 Å². The molecule has 1 fully saturated rings. The van der Waals surface area contributed by atoms with Gasteiger partial charge in [-0.05, 0) is 18.1 Å². The number of hydrogen-bond acceptors (Lipinski definition) is 3. The summed E-state index contributed by atoms with van der Waals surface area (Å²) in [5.41, 5.74) is 0.639. The molecule has 0 aromatic heterocycles. The van der Waals surface area contributed by atoms with Gasteiger partial charge in [-0.3, -0.25) is 0 Å². The van der Waals surface area contributed by atoms with Gasteiger partial charge >= 0.3 is 12.6 Å². The van der Waals surface area contributed by atoms with E-state index in [2.05, 4.69) is 10.1 Å². The average Bonchev–Trinajstić information content (AvgIpc) is 2.49. The summed E-state index contributed by atoms with van der Waals surface area (Å²) >= 11 is 0. The van der Waals surface area contributed by atoms with Gasteiger partial charge in [0.05, 0.1) is 13.2 Å². The number of urea groups is 1. The van der Waals surface area contributed by atoms with E-state index in [-0.39, 0.29) is 11.8 Å². The van der Waals surface area contributed by atoms with Gasteiger partial charge in [-0.2, -0.15) is 8.78 Å². The molecule has 0 unspecified atom stereocenters. The third kappa shape index (κ3) is 4.86. The highest BCUT2D eigenvalue weighted by atomic mass is 19.3. The Morgan fingerprint density at radius 1 is 1.33 bits per heavy atom. The van der Waals surface area contributed by atoms with Crippen LogP contribution in [-0.4, -0.2) is 50.4 Å². The number of alkyl halides is 2. The third-order valence-corrected chi connectivity index (χ3v) is 3.16. The molecule has 1 aromatic rings. The van der Waals surface area contributed by atoms with Crippen LogP contribution in [0.1, 0.15) is 5.56 Å². The van der Waals surface area contributed by atoms with Crippen LogP contribution < -0.4 is 10.1 Å². The minimum absolute atomic E-state index is 0.146. The molecule has 0 aliphatic carbocycles. The summed E-state index contributed by atoms with van der Waals surface area (Å²) < 4.78 is 34.2. The first-order valence-electron chi connectivity index (χ1n) is 6.80. The second kappa shape index (κ2) is 7.78. The number of para-hydroxylation sites is 1. The van der Waals surface area contributed by atoms with Gasteiger partial charge in [0.25, 0.3) is 0 Å². The van der Waals surface area contributed by atoms with E-state index in [0.29, 0.717) is 44.8 Å². The number of nitrogens with one attached hydrogen (secondary N) is 1. The minimum Gasteiger partial charge on any atom is -0.435 e. The molecule has 0 saturated carbocycles. The number of rotatable bonds is 5. The van der Waals surface area contributed by atoms with Crippen molar-refractivity contribution >= 4 is 6.03 Å². The molecule has 5 nitrogen and oxygen atoms in total. The van der Waals surface area contributed by atoms with Crippen molar-refractivity contribution in [2.24, 2.45) is 0 Å². The van der Waals surface area contributed by atoms with Crippen molar-refractivity contribution in [3.8, 4) is 5.75 Å². The monoisotopic (exact) mass is 300 g/mol. The molecular formula is C14H18F2N2O3. The maximum absolute atomic E-state index is 12.3. The van der Waals surface area contributed by atoms with Crippen LogP contribution in [-0.2, 0) is 11.2 Å². The molecule has 116 valence electrons. The third-order valence-electron chi connectivity index (χ3n) is 3.16. The number of ether oxygens (including phenoxy) is 2. The smallest absolute Gasteiger partial charge is 0.387 e. The van der Waals surface area contributed by atoms with Gasteiger partial charge in [0.15, 0.2) is 0 Å². The molecule has 21 heavy (non-hydrogen) atoms. The van der Waals surface area contributed by atoms with Gasteiger partial charge in [0, 0.05) is 19.6 Å². The Kier molecular flexibility index (Phi) is 5.74. The molecule has 2 amide bonds. The number of hydrogen-bond donors (Lipinski definition) is 1. The summed E-state index contributed by atoms with van der Waals surface area (Å²) in [7, 11) is 0. The number of carbonyl (C=O) groups is 1. The van der Waals surface area contributed by atoms with Gasteiger partial charge < -0.3 is 19.7 Å². The van der Waals surface area contributed by atoms with Crippen LogP contribution >= 0.6 is 0 Å². The summed E-state index contributed by atoms with van der Waals surface area (Å²) in [6.07, 6.45) is 0.430. The van der Waals surface area contributed by atoms with Crippen LogP contribution in [0.4, 0.5) is 13.6 Å². The molecule has 1 N–H and O–H groups in total. The maximum Gasteiger partial charge on any atom is 0.387 e. The van der Waals surface area contributed by atoms with E-state index in [4.69, 9.17) is 4.74 Å². The van der Waals surface area contributed by atoms with E-state index in [9.17, 15) is 13.6 Å². The number of amides is 2. The lowest BCUT2D eigenvalue weighted by Crippen LogP contribution is -2.46. The summed E-state index contributed by atoms with van der Waals surface area (Å²) in [5.74, 6) is 0.146. The fraction of sp³-hybridized carbons (Fsp3) is 0.500. The number of halogens is 2. The molecule has 2 rings (SSSR count). The maximum atomic E-state index is 12.3. The molecule has 0 spiro atoms. The molecule has 0 bridgehead atoms. The normalized spacial score (nSPS) is 15.1. The van der Waals surface area contributed by atoms with E-state index in [1.165, 1.54) is 6.07 Å². The van der Waals surface area contributed by atoms with E-state index >= 15 is 0 Å². The fourth-order valence-electron chi connectivity index (χ4n) is 2.10. The summed E-state index contributed by atoms with van der Waals surface area (Å²) in [4.78, 5) is 13.5. The van der Waals surface area contributed by atoms with Crippen LogP contribution in [0.2, 0.25) is 0 Å². The number of nitrogens with zero attached hydrogens (tertiary/aromatic N) is 1. The molecule has 1 aromatic carbocycles. The zero-order valence-corrected chi connectivity index (χ0v) is 11.6. The first-order chi connectivity index (χ1) is 10.2. The van der Waals surface area contributed by atoms with E-state index in [1.807, 2.05) is 0 Å². The Labute approximate surface area is 121 Å². The Morgan fingerprint density at radius 2 is 2.05 bits per heavy atom. The number of benzene rings is 1. The van der Waals surface area contributed by atoms with E-state index in [0.717, 1.165) is 0 Å². The van der Waals surface area contributed by atoms with Gasteiger partial charge in [-0.1, -0.05) is 18.2 Å². The first-order valence-corrected chi connectivity index (χ1v) is 6.80. The van der Waals surface area contributed by atoms with Gasteiger partial charge in [-0.15, -0.1) is 0 Å². The lowest BCUT2D eigenvalue weighted by molar-refractivity contribution is -0.0504. The summed E-state index contributed by atoms with van der Waals surface area (Å²) in [6.45, 7) is -0.279. The molecule has 0 atom stereocenters. The van der Waals surface area contributed by atoms with Crippen molar-refractivity contribution in [3.05, 3.63) is 29.8 Å². The highest BCUT2D eigenvalue weighted by Gasteiger charge is 2.16. The standard InChI is InChI=1S/C14H18F2N2O3/c15-13(16)21-12-4-2-1-3-11(12)5-6-17-14(19)18-7-9-20-10-8-18/h1-4,13H,5-10H2,(H,17,19). The molecule has 0 radical (unpaired) electrons. The van der Waals surface area contributed by atoms with E-state index in [1.54, 1.807) is 23.1 Å². The molecule has 1 heterocycles. The van der Waals surface area contributed by atoms with Gasteiger partial charge in [0.1, 0.15) is 5.75 Å². The zero-order valence-electron chi connectivity index (χ0n) is 11.6. The number of morpholine rings is 1. The Hall–Kier alpha value is -1.89. The van der Waals surface area contributed by atoms with Crippen molar-refractivity contribution < 1.29 is 23.0 Å². The molecule has 7 heteroatoms. The fourth-order valence-corrected chi connectivity index (χ4v) is 2.10. The summed E-state index contributed by atoms with van der Waals surface area (Å²) in [6, 6.07) is 6.42. The lowest BCUT2D eigenvalue weighted by Gasteiger charge is -2.27. The van der Waals surface area contributed by atoms with Crippen molar-refractivity contribution in [1.29, 1.82) is 0 Å². The topological polar surface area (TPSA) is 50.8 Å². The quantitative estimate of drug-likeness (QED) is 0.903. The second-order valence-electron chi connectivity index (χ2n) is 4.57. The van der Waals surface area contributed by atoms with Crippen molar-refractivity contribution in [2.75, 3.05) is 32.8 Å². The van der Waals surface area contributed by atoms with E-state index < -0.39 is 6.61 Å². The van der Waals surface area contributed by atoms with Crippen LogP contribution in [0.3, 0.4) is 0 Å². The highest BCUT2D eigenvalue weighted by Crippen LogP contribution is 2.20. The minimum atomic E-state index is -2.85. The molecule has 1 aliphatic rings. The number of carbonyl (C=O) groups excluding carboxylic acids is 1. The molecule has 1 saturated heterocycles. The van der Waals surface area contributed by atoms with Crippen molar-refractivity contribution in [1.82, 2.24) is 10.2 Å². The molecule has 1 aliphatic heterocycles. The Balaban J connectivity index is 1.81. The Morgan fingerprint density at radius 3 is 2.76 bits per heavy atom. The van der Waals surface area contributed by atoms with Crippen LogP contribution in [0.5, 0.6) is 5.75 Å². The predicted octanol–water partition coefficient (Wildman–Crippen LogP) is 1.87. The van der Waals surface area contributed by atoms with Crippen LogP contribution in [0.25, 0.3) is 0 Å². The van der Waals surface area contributed by atoms with Gasteiger partial charge in [0.2, 0.25) is 0 Å². The Bertz CT molecular complexity index is 465. The predicted molar refractivity (Wildman–Crippen MR) is 72.6 cm³/mol. The highest BCUT2D eigenvalue weighted by molar-refractivity contribution is 5.74. The lowest BCUT2D eigenvalue weighted by atomic mass is 10.1.